The summed E-state index contributed by atoms with van der Waals surface area (Å²) in [5, 5.41) is 3.86. The van der Waals surface area contributed by atoms with Crippen molar-refractivity contribution in [1.82, 2.24) is 5.43 Å². The number of nitrogens with one attached hydrogen (secondary N) is 1. The summed E-state index contributed by atoms with van der Waals surface area (Å²) in [5.41, 5.74) is 4.93. The maximum Gasteiger partial charge on any atom is 0.331 e. The molecule has 1 aromatic carbocycles. The van der Waals surface area contributed by atoms with E-state index in [0.717, 1.165) is 16.0 Å². The van der Waals surface area contributed by atoms with E-state index in [2.05, 4.69) is 15.3 Å². The Kier molecular flexibility index (Phi) is 3.20. The number of amides is 2. The van der Waals surface area contributed by atoms with Crippen LogP contribution in [0.15, 0.2) is 23.3 Å². The molecule has 2 aliphatic heterocycles. The number of imide groups is 1. The quantitative estimate of drug-likeness (QED) is 0.627. The van der Waals surface area contributed by atoms with Gasteiger partial charge >= 0.3 is 5.97 Å². The lowest BCUT2D eigenvalue weighted by Crippen LogP contribution is -2.42. The van der Waals surface area contributed by atoms with Gasteiger partial charge in [0.25, 0.3) is 5.91 Å². The number of hydrogen-bond donors (Lipinski definition) is 1. The first-order valence-electron chi connectivity index (χ1n) is 6.82. The molecule has 1 saturated heterocycles. The number of anilines is 1. The number of methoxy groups -OCH3 is 1. The zero-order valence-electron chi connectivity index (χ0n) is 12.4. The highest BCUT2D eigenvalue weighted by atomic mass is 16.5. The average Bonchev–Trinajstić information content (AvgIpc) is 3.01. The van der Waals surface area contributed by atoms with Gasteiger partial charge in [-0.05, 0) is 25.5 Å². The van der Waals surface area contributed by atoms with Gasteiger partial charge in [0.15, 0.2) is 6.04 Å². The largest absolute Gasteiger partial charge is 0.467 e. The van der Waals surface area contributed by atoms with Crippen molar-refractivity contribution in [3.05, 3.63) is 29.3 Å². The van der Waals surface area contributed by atoms with Crippen molar-refractivity contribution in [3.63, 3.8) is 0 Å². The third-order valence-corrected chi connectivity index (χ3v) is 3.91. The SMILES string of the molecule is COC(=O)[C@@H]1NN=C2C(=O)N(c3ccc(C)cc3C)C(=O)[C@H]21. The summed E-state index contributed by atoms with van der Waals surface area (Å²) in [4.78, 5) is 37.9. The third kappa shape index (κ3) is 1.89. The summed E-state index contributed by atoms with van der Waals surface area (Å²) in [7, 11) is 1.23. The Hall–Kier alpha value is -2.70. The maximum atomic E-state index is 12.6. The van der Waals surface area contributed by atoms with Crippen molar-refractivity contribution < 1.29 is 19.1 Å². The van der Waals surface area contributed by atoms with Gasteiger partial charge in [0.1, 0.15) is 11.6 Å². The van der Waals surface area contributed by atoms with Crippen LogP contribution in [0.3, 0.4) is 0 Å². The molecule has 1 N–H and O–H groups in total. The highest BCUT2D eigenvalue weighted by Crippen LogP contribution is 2.32. The van der Waals surface area contributed by atoms with E-state index in [1.54, 1.807) is 6.07 Å². The molecule has 7 nitrogen and oxygen atoms in total. The Bertz CT molecular complexity index is 725. The molecule has 0 radical (unpaired) electrons. The second-order valence-corrected chi connectivity index (χ2v) is 5.37. The number of hydrogen-bond acceptors (Lipinski definition) is 6. The topological polar surface area (TPSA) is 88.1 Å². The van der Waals surface area contributed by atoms with Gasteiger partial charge in [-0.3, -0.25) is 15.0 Å². The van der Waals surface area contributed by atoms with E-state index >= 15 is 0 Å². The van der Waals surface area contributed by atoms with Crippen LogP contribution >= 0.6 is 0 Å². The van der Waals surface area contributed by atoms with Crippen LogP contribution < -0.4 is 10.3 Å². The van der Waals surface area contributed by atoms with Gasteiger partial charge in [-0.1, -0.05) is 17.7 Å². The van der Waals surface area contributed by atoms with Crippen molar-refractivity contribution in [2.45, 2.75) is 19.9 Å². The molecule has 22 heavy (non-hydrogen) atoms. The molecular weight excluding hydrogens is 286 g/mol. The lowest BCUT2D eigenvalue weighted by atomic mass is 9.98. The van der Waals surface area contributed by atoms with Crippen LogP contribution in [-0.4, -0.2) is 36.6 Å². The first-order chi connectivity index (χ1) is 10.5. The molecule has 2 amide bonds. The normalized spacial score (nSPS) is 23.2. The number of rotatable bonds is 2. The van der Waals surface area contributed by atoms with E-state index in [1.807, 2.05) is 26.0 Å². The number of carbonyl (C=O) groups is 3. The summed E-state index contributed by atoms with van der Waals surface area (Å²) in [6.45, 7) is 3.76. The second kappa shape index (κ2) is 4.94. The molecule has 114 valence electrons. The minimum absolute atomic E-state index is 0.0559. The van der Waals surface area contributed by atoms with Crippen LogP contribution in [0.1, 0.15) is 11.1 Å². The molecule has 2 heterocycles. The zero-order chi connectivity index (χ0) is 16.0. The van der Waals surface area contributed by atoms with Gasteiger partial charge < -0.3 is 4.74 Å². The number of esters is 1. The van der Waals surface area contributed by atoms with E-state index in [1.165, 1.54) is 7.11 Å². The van der Waals surface area contributed by atoms with Gasteiger partial charge in [0, 0.05) is 0 Å². The number of nitrogens with zero attached hydrogens (tertiary/aromatic N) is 2. The second-order valence-electron chi connectivity index (χ2n) is 5.37. The molecule has 0 spiro atoms. The first-order valence-corrected chi connectivity index (χ1v) is 6.82. The predicted octanol–water partition coefficient (Wildman–Crippen LogP) is 0.294. The summed E-state index contributed by atoms with van der Waals surface area (Å²) in [5.74, 6) is -2.51. The van der Waals surface area contributed by atoms with E-state index in [-0.39, 0.29) is 5.71 Å². The Morgan fingerprint density at radius 1 is 1.32 bits per heavy atom. The molecule has 0 bridgehead atoms. The lowest BCUT2D eigenvalue weighted by Gasteiger charge is -2.19. The molecule has 0 aliphatic carbocycles. The zero-order valence-corrected chi connectivity index (χ0v) is 12.4. The summed E-state index contributed by atoms with van der Waals surface area (Å²) in [6.07, 6.45) is 0. The fourth-order valence-electron chi connectivity index (χ4n) is 2.84. The molecule has 0 aromatic heterocycles. The van der Waals surface area contributed by atoms with E-state index in [4.69, 9.17) is 0 Å². The number of aryl methyl sites for hydroxylation is 2. The molecule has 3 rings (SSSR count). The monoisotopic (exact) mass is 301 g/mol. The Morgan fingerprint density at radius 3 is 2.68 bits per heavy atom. The summed E-state index contributed by atoms with van der Waals surface area (Å²) in [6, 6.07) is 4.49. The van der Waals surface area contributed by atoms with E-state index < -0.39 is 29.7 Å². The van der Waals surface area contributed by atoms with Gasteiger partial charge in [-0.25, -0.2) is 9.69 Å². The van der Waals surface area contributed by atoms with Crippen LogP contribution in [0, 0.1) is 19.8 Å². The third-order valence-electron chi connectivity index (χ3n) is 3.91. The molecule has 0 saturated carbocycles. The highest BCUT2D eigenvalue weighted by molar-refractivity contribution is 6.58. The van der Waals surface area contributed by atoms with Crippen LogP contribution in [0.4, 0.5) is 5.69 Å². The molecular formula is C15H15N3O4. The van der Waals surface area contributed by atoms with Crippen LogP contribution in [0.2, 0.25) is 0 Å². The van der Waals surface area contributed by atoms with Crippen LogP contribution in [0.25, 0.3) is 0 Å². The smallest absolute Gasteiger partial charge is 0.331 e. The van der Waals surface area contributed by atoms with Crippen molar-refractivity contribution in [2.24, 2.45) is 11.0 Å². The minimum Gasteiger partial charge on any atom is -0.467 e. The molecule has 1 aromatic rings. The number of ether oxygens (including phenoxy) is 1. The molecule has 2 aliphatic rings. The molecule has 0 unspecified atom stereocenters. The van der Waals surface area contributed by atoms with Gasteiger partial charge in [0.2, 0.25) is 5.91 Å². The van der Waals surface area contributed by atoms with Crippen LogP contribution in [-0.2, 0) is 19.1 Å². The van der Waals surface area contributed by atoms with Gasteiger partial charge in [0.05, 0.1) is 12.8 Å². The predicted molar refractivity (Wildman–Crippen MR) is 78.3 cm³/mol. The highest BCUT2D eigenvalue weighted by Gasteiger charge is 2.55. The van der Waals surface area contributed by atoms with Crippen molar-refractivity contribution >= 4 is 29.2 Å². The van der Waals surface area contributed by atoms with E-state index in [0.29, 0.717) is 5.69 Å². The fourth-order valence-corrected chi connectivity index (χ4v) is 2.84. The number of fused-ring (bicyclic) bond motifs is 1. The lowest BCUT2D eigenvalue weighted by molar-refractivity contribution is -0.145. The van der Waals surface area contributed by atoms with Crippen molar-refractivity contribution in [1.29, 1.82) is 0 Å². The number of carbonyl (C=O) groups excluding carboxylic acids is 3. The Labute approximate surface area is 126 Å². The number of hydrazone groups is 1. The summed E-state index contributed by atoms with van der Waals surface area (Å²) >= 11 is 0. The Balaban J connectivity index is 2.01. The standard InChI is InChI=1S/C15H15N3O4/c1-7-4-5-9(8(2)6-7)18-13(19)10-11(14(18)20)16-17-12(10)15(21)22-3/h4-6,10,12,17H,1-3H3/t10-,12-/m1/s1. The maximum absolute atomic E-state index is 12.6. The Morgan fingerprint density at radius 2 is 2.05 bits per heavy atom. The minimum atomic E-state index is -0.952. The first kappa shape index (κ1) is 14.2. The van der Waals surface area contributed by atoms with Crippen molar-refractivity contribution in [3.8, 4) is 0 Å². The van der Waals surface area contributed by atoms with Gasteiger partial charge in [-0.15, -0.1) is 0 Å². The fraction of sp³-hybridized carbons (Fsp3) is 0.333. The number of benzene rings is 1. The molecule has 1 fully saturated rings. The molecule has 2 atom stereocenters. The van der Waals surface area contributed by atoms with Crippen molar-refractivity contribution in [2.75, 3.05) is 12.0 Å². The molecule has 7 heteroatoms. The summed E-state index contributed by atoms with van der Waals surface area (Å²) < 4.78 is 4.65. The van der Waals surface area contributed by atoms with Gasteiger partial charge in [-0.2, -0.15) is 5.10 Å². The average molecular weight is 301 g/mol. The van der Waals surface area contributed by atoms with E-state index in [9.17, 15) is 14.4 Å². The van der Waals surface area contributed by atoms with Crippen LogP contribution in [0.5, 0.6) is 0 Å².